The second kappa shape index (κ2) is 9.98. The highest BCUT2D eigenvalue weighted by atomic mass is 16.5. The maximum atomic E-state index is 12.4. The van der Waals surface area contributed by atoms with Crippen LogP contribution in [0.1, 0.15) is 20.7 Å². The first-order chi connectivity index (χ1) is 13.9. The molecule has 0 fully saturated rings. The van der Waals surface area contributed by atoms with Crippen LogP contribution in [0, 0.1) is 0 Å². The van der Waals surface area contributed by atoms with Gasteiger partial charge in [-0.1, -0.05) is 0 Å². The van der Waals surface area contributed by atoms with Crippen molar-refractivity contribution in [1.29, 1.82) is 0 Å². The molecule has 0 heterocycles. The Morgan fingerprint density at radius 2 is 1.52 bits per heavy atom. The van der Waals surface area contributed by atoms with E-state index in [1.807, 2.05) is 0 Å². The van der Waals surface area contributed by atoms with Crippen LogP contribution in [0.15, 0.2) is 36.4 Å². The van der Waals surface area contributed by atoms with E-state index < -0.39 is 18.5 Å². The Kier molecular flexibility index (Phi) is 7.41. The van der Waals surface area contributed by atoms with E-state index in [0.717, 1.165) is 0 Å². The number of benzene rings is 2. The van der Waals surface area contributed by atoms with Crippen molar-refractivity contribution in [2.45, 2.75) is 0 Å². The van der Waals surface area contributed by atoms with Crippen LogP contribution in [-0.2, 0) is 9.53 Å². The van der Waals surface area contributed by atoms with Gasteiger partial charge in [0.05, 0.1) is 21.3 Å². The summed E-state index contributed by atoms with van der Waals surface area (Å²) in [5.41, 5.74) is 1.01. The average molecular weight is 402 g/mol. The summed E-state index contributed by atoms with van der Waals surface area (Å²) in [4.78, 5) is 36.0. The fourth-order valence-corrected chi connectivity index (χ4v) is 2.52. The number of amides is 2. The number of ether oxygens (including phenoxy) is 4. The predicted molar refractivity (Wildman–Crippen MR) is 105 cm³/mol. The topological polar surface area (TPSA) is 112 Å². The van der Waals surface area contributed by atoms with Gasteiger partial charge in [-0.05, 0) is 36.4 Å². The standard InChI is InChI=1S/C20H22N2O7/c1-21-19(24)12-5-7-13(8-6-12)22-16(23)11-29-20(25)14-9-10-15(26-2)18(28-4)17(14)27-3/h5-10H,11H2,1-4H3,(H,21,24)(H,22,23). The molecule has 0 aromatic heterocycles. The van der Waals surface area contributed by atoms with Gasteiger partial charge in [0, 0.05) is 18.3 Å². The summed E-state index contributed by atoms with van der Waals surface area (Å²) >= 11 is 0. The van der Waals surface area contributed by atoms with Gasteiger partial charge >= 0.3 is 5.97 Å². The lowest BCUT2D eigenvalue weighted by Gasteiger charge is -2.15. The van der Waals surface area contributed by atoms with Crippen LogP contribution in [-0.4, -0.2) is 52.8 Å². The van der Waals surface area contributed by atoms with Gasteiger partial charge in [0.15, 0.2) is 18.1 Å². The van der Waals surface area contributed by atoms with Crippen LogP contribution in [0.4, 0.5) is 5.69 Å². The van der Waals surface area contributed by atoms with Gasteiger partial charge in [-0.3, -0.25) is 9.59 Å². The minimum Gasteiger partial charge on any atom is -0.493 e. The van der Waals surface area contributed by atoms with Crippen molar-refractivity contribution in [2.75, 3.05) is 40.3 Å². The Hall–Kier alpha value is -3.75. The predicted octanol–water partition coefficient (Wildman–Crippen LogP) is 1.87. The molecule has 29 heavy (non-hydrogen) atoms. The highest BCUT2D eigenvalue weighted by molar-refractivity contribution is 5.98. The van der Waals surface area contributed by atoms with E-state index in [1.54, 1.807) is 24.3 Å². The van der Waals surface area contributed by atoms with Gasteiger partial charge in [-0.2, -0.15) is 0 Å². The molecular weight excluding hydrogens is 380 g/mol. The number of carbonyl (C=O) groups is 3. The fourth-order valence-electron chi connectivity index (χ4n) is 2.52. The molecule has 0 aliphatic rings. The van der Waals surface area contributed by atoms with E-state index >= 15 is 0 Å². The zero-order chi connectivity index (χ0) is 21.4. The van der Waals surface area contributed by atoms with Gasteiger partial charge in [0.25, 0.3) is 11.8 Å². The molecule has 9 heteroatoms. The number of hydrogen-bond donors (Lipinski definition) is 2. The number of anilines is 1. The first-order valence-electron chi connectivity index (χ1n) is 8.53. The number of rotatable bonds is 8. The number of nitrogens with one attached hydrogen (secondary N) is 2. The Morgan fingerprint density at radius 1 is 0.862 bits per heavy atom. The molecule has 0 unspecified atom stereocenters. The van der Waals surface area contributed by atoms with E-state index in [0.29, 0.717) is 17.0 Å². The van der Waals surface area contributed by atoms with Crippen LogP contribution in [0.3, 0.4) is 0 Å². The second-order valence-corrected chi connectivity index (χ2v) is 5.66. The van der Waals surface area contributed by atoms with Crippen molar-refractivity contribution in [3.63, 3.8) is 0 Å². The Morgan fingerprint density at radius 3 is 2.07 bits per heavy atom. The van der Waals surface area contributed by atoms with E-state index in [2.05, 4.69) is 10.6 Å². The summed E-state index contributed by atoms with van der Waals surface area (Å²) in [6.07, 6.45) is 0. The van der Waals surface area contributed by atoms with Crippen LogP contribution >= 0.6 is 0 Å². The van der Waals surface area contributed by atoms with Crippen molar-refractivity contribution in [3.05, 3.63) is 47.5 Å². The third-order valence-corrected chi connectivity index (χ3v) is 3.92. The maximum absolute atomic E-state index is 12.4. The first-order valence-corrected chi connectivity index (χ1v) is 8.53. The SMILES string of the molecule is CNC(=O)c1ccc(NC(=O)COC(=O)c2ccc(OC)c(OC)c2OC)cc1. The molecule has 2 N–H and O–H groups in total. The largest absolute Gasteiger partial charge is 0.493 e. The lowest BCUT2D eigenvalue weighted by molar-refractivity contribution is -0.119. The summed E-state index contributed by atoms with van der Waals surface area (Å²) < 4.78 is 20.7. The zero-order valence-electron chi connectivity index (χ0n) is 16.5. The van der Waals surface area contributed by atoms with Crippen LogP contribution in [0.25, 0.3) is 0 Å². The molecule has 0 radical (unpaired) electrons. The van der Waals surface area contributed by atoms with Gasteiger partial charge in [-0.15, -0.1) is 0 Å². The minimum absolute atomic E-state index is 0.0906. The molecule has 2 aromatic rings. The molecule has 0 saturated carbocycles. The molecule has 0 spiro atoms. The van der Waals surface area contributed by atoms with Crippen molar-refractivity contribution in [3.8, 4) is 17.2 Å². The Bertz CT molecular complexity index is 894. The van der Waals surface area contributed by atoms with Crippen LogP contribution in [0.2, 0.25) is 0 Å². The second-order valence-electron chi connectivity index (χ2n) is 5.66. The third kappa shape index (κ3) is 5.16. The third-order valence-electron chi connectivity index (χ3n) is 3.92. The molecule has 0 aliphatic heterocycles. The number of methoxy groups -OCH3 is 3. The van der Waals surface area contributed by atoms with E-state index in [9.17, 15) is 14.4 Å². The van der Waals surface area contributed by atoms with Crippen molar-refractivity contribution >= 4 is 23.5 Å². The van der Waals surface area contributed by atoms with Crippen LogP contribution in [0.5, 0.6) is 17.2 Å². The summed E-state index contributed by atoms with van der Waals surface area (Å²) in [6.45, 7) is -0.506. The molecule has 2 amide bonds. The Balaban J connectivity index is 2.02. The normalized spacial score (nSPS) is 9.93. The summed E-state index contributed by atoms with van der Waals surface area (Å²) in [5.74, 6) is -0.759. The van der Waals surface area contributed by atoms with E-state index in [1.165, 1.54) is 40.5 Å². The summed E-state index contributed by atoms with van der Waals surface area (Å²) in [7, 11) is 5.78. The van der Waals surface area contributed by atoms with Gasteiger partial charge < -0.3 is 29.6 Å². The quantitative estimate of drug-likeness (QED) is 0.648. The summed E-state index contributed by atoms with van der Waals surface area (Å²) in [5, 5.41) is 5.08. The van der Waals surface area contributed by atoms with Crippen molar-refractivity contribution in [2.24, 2.45) is 0 Å². The lowest BCUT2D eigenvalue weighted by atomic mass is 10.1. The maximum Gasteiger partial charge on any atom is 0.342 e. The molecule has 0 saturated heterocycles. The minimum atomic E-state index is -0.757. The first kappa shape index (κ1) is 21.5. The fraction of sp³-hybridized carbons (Fsp3) is 0.250. The summed E-state index contributed by atoms with van der Waals surface area (Å²) in [6, 6.07) is 9.26. The monoisotopic (exact) mass is 402 g/mol. The number of esters is 1. The number of hydrogen-bond acceptors (Lipinski definition) is 7. The zero-order valence-corrected chi connectivity index (χ0v) is 16.5. The molecule has 2 rings (SSSR count). The van der Waals surface area contributed by atoms with Gasteiger partial charge in [0.2, 0.25) is 5.75 Å². The van der Waals surface area contributed by atoms with E-state index in [-0.39, 0.29) is 23.0 Å². The van der Waals surface area contributed by atoms with Gasteiger partial charge in [0.1, 0.15) is 5.56 Å². The highest BCUT2D eigenvalue weighted by Gasteiger charge is 2.22. The van der Waals surface area contributed by atoms with Crippen molar-refractivity contribution in [1.82, 2.24) is 5.32 Å². The molecule has 9 nitrogen and oxygen atoms in total. The number of carbonyl (C=O) groups excluding carboxylic acids is 3. The van der Waals surface area contributed by atoms with Crippen LogP contribution < -0.4 is 24.8 Å². The van der Waals surface area contributed by atoms with Gasteiger partial charge in [-0.25, -0.2) is 4.79 Å². The smallest absolute Gasteiger partial charge is 0.342 e. The molecule has 0 atom stereocenters. The van der Waals surface area contributed by atoms with Crippen molar-refractivity contribution < 1.29 is 33.3 Å². The Labute approximate surface area is 167 Å². The highest BCUT2D eigenvalue weighted by Crippen LogP contribution is 2.39. The molecule has 0 bridgehead atoms. The molecule has 2 aromatic carbocycles. The average Bonchev–Trinajstić information content (AvgIpc) is 2.76. The molecule has 154 valence electrons. The molecule has 0 aliphatic carbocycles. The lowest BCUT2D eigenvalue weighted by Crippen LogP contribution is -2.21. The van der Waals surface area contributed by atoms with E-state index in [4.69, 9.17) is 18.9 Å². The molecular formula is C20H22N2O7.